The lowest BCUT2D eigenvalue weighted by Gasteiger charge is -2.16. The summed E-state index contributed by atoms with van der Waals surface area (Å²) in [6, 6.07) is 1.86. The molecule has 1 fully saturated rings. The molecule has 0 aliphatic carbocycles. The average Bonchev–Trinajstić information content (AvgIpc) is 3.22. The molecule has 1 aromatic heterocycles. The van der Waals surface area contributed by atoms with E-state index in [1.54, 1.807) is 20.4 Å². The molecule has 1 aromatic rings. The van der Waals surface area contributed by atoms with Gasteiger partial charge in [-0.2, -0.15) is 0 Å². The number of ether oxygens (including phenoxy) is 2. The molecule has 0 unspecified atom stereocenters. The monoisotopic (exact) mass is 375 g/mol. The van der Waals surface area contributed by atoms with Crippen LogP contribution in [0.2, 0.25) is 0 Å². The Hall–Kier alpha value is -2.28. The molecule has 0 bridgehead atoms. The number of methoxy groups -OCH3 is 1. The van der Waals surface area contributed by atoms with Gasteiger partial charge in [0.05, 0.1) is 19.9 Å². The highest BCUT2D eigenvalue weighted by molar-refractivity contribution is 6.03. The van der Waals surface area contributed by atoms with Gasteiger partial charge in [-0.15, -0.1) is 0 Å². The van der Waals surface area contributed by atoms with Crippen molar-refractivity contribution in [3.05, 3.63) is 24.0 Å². The van der Waals surface area contributed by atoms with Gasteiger partial charge in [0.15, 0.2) is 11.5 Å². The number of hydrogen-bond donors (Lipinski definition) is 2. The predicted octanol–water partition coefficient (Wildman–Crippen LogP) is 2.91. The second kappa shape index (κ2) is 11.4. The van der Waals surface area contributed by atoms with E-state index in [1.807, 2.05) is 19.2 Å². The maximum atomic E-state index is 5.97. The van der Waals surface area contributed by atoms with E-state index in [2.05, 4.69) is 32.4 Å². The summed E-state index contributed by atoms with van der Waals surface area (Å²) in [6.45, 7) is 6.26. The zero-order valence-corrected chi connectivity index (χ0v) is 17.0. The predicted molar refractivity (Wildman–Crippen MR) is 111 cm³/mol. The van der Waals surface area contributed by atoms with Crippen LogP contribution >= 0.6 is 0 Å². The standard InChI is InChI=1S/C20H33N5O2/c1-5-16(21-2)13-19(22-3)24-20-14-17(18(26-4)15-23-20)27-12-8-11-25-9-6-7-10-25/h13-15,21H,5-12H2,1-4H3,(H,22,23,24)/b16-13+. The summed E-state index contributed by atoms with van der Waals surface area (Å²) in [5.74, 6) is 2.74. The molecule has 0 aromatic carbocycles. The zero-order valence-electron chi connectivity index (χ0n) is 17.0. The van der Waals surface area contributed by atoms with Crippen molar-refractivity contribution in [2.45, 2.75) is 32.6 Å². The van der Waals surface area contributed by atoms with E-state index in [1.165, 1.54) is 25.9 Å². The molecule has 2 heterocycles. The number of aliphatic imine (C=N–C) groups is 1. The van der Waals surface area contributed by atoms with Gasteiger partial charge in [-0.3, -0.25) is 4.99 Å². The lowest BCUT2D eigenvalue weighted by Crippen LogP contribution is -2.22. The Morgan fingerprint density at radius 2 is 2.11 bits per heavy atom. The second-order valence-corrected chi connectivity index (χ2v) is 6.48. The van der Waals surface area contributed by atoms with Crippen molar-refractivity contribution in [3.63, 3.8) is 0 Å². The number of anilines is 1. The third-order valence-corrected chi connectivity index (χ3v) is 4.64. The highest BCUT2D eigenvalue weighted by atomic mass is 16.5. The first-order chi connectivity index (χ1) is 13.2. The van der Waals surface area contributed by atoms with Crippen molar-refractivity contribution in [3.8, 4) is 11.5 Å². The lowest BCUT2D eigenvalue weighted by molar-refractivity contribution is 0.254. The van der Waals surface area contributed by atoms with Crippen LogP contribution in [-0.4, -0.2) is 63.2 Å². The van der Waals surface area contributed by atoms with E-state index in [9.17, 15) is 0 Å². The van der Waals surface area contributed by atoms with E-state index in [-0.39, 0.29) is 0 Å². The first-order valence-electron chi connectivity index (χ1n) is 9.71. The fourth-order valence-corrected chi connectivity index (χ4v) is 3.04. The molecule has 7 heteroatoms. The van der Waals surface area contributed by atoms with Crippen LogP contribution in [0.15, 0.2) is 29.0 Å². The van der Waals surface area contributed by atoms with Crippen LogP contribution in [0, 0.1) is 0 Å². The topological polar surface area (TPSA) is 71.0 Å². The number of allylic oxidation sites excluding steroid dienone is 1. The number of amidine groups is 1. The third kappa shape index (κ3) is 6.75. The molecule has 1 aliphatic rings. The highest BCUT2D eigenvalue weighted by Crippen LogP contribution is 2.28. The maximum Gasteiger partial charge on any atom is 0.179 e. The number of hydrogen-bond acceptors (Lipinski definition) is 6. The fraction of sp³-hybridized carbons (Fsp3) is 0.600. The van der Waals surface area contributed by atoms with Gasteiger partial charge in [0.2, 0.25) is 0 Å². The first kappa shape index (κ1) is 21.0. The smallest absolute Gasteiger partial charge is 0.179 e. The van der Waals surface area contributed by atoms with Gasteiger partial charge in [0, 0.05) is 32.4 Å². The van der Waals surface area contributed by atoms with Crippen LogP contribution in [0.1, 0.15) is 32.6 Å². The molecule has 0 spiro atoms. The Balaban J connectivity index is 1.97. The Labute approximate surface area is 162 Å². The molecular weight excluding hydrogens is 342 g/mol. The van der Waals surface area contributed by atoms with Crippen molar-refractivity contribution in [2.24, 2.45) is 4.99 Å². The van der Waals surface area contributed by atoms with Crippen molar-refractivity contribution in [1.82, 2.24) is 15.2 Å². The molecule has 1 aliphatic heterocycles. The summed E-state index contributed by atoms with van der Waals surface area (Å²) < 4.78 is 11.4. The van der Waals surface area contributed by atoms with Crippen LogP contribution in [0.3, 0.4) is 0 Å². The summed E-state index contributed by atoms with van der Waals surface area (Å²) in [4.78, 5) is 11.2. The molecule has 0 atom stereocenters. The maximum absolute atomic E-state index is 5.97. The van der Waals surface area contributed by atoms with E-state index >= 15 is 0 Å². The van der Waals surface area contributed by atoms with Crippen LogP contribution < -0.4 is 20.1 Å². The summed E-state index contributed by atoms with van der Waals surface area (Å²) in [5, 5.41) is 6.39. The number of rotatable bonds is 10. The average molecular weight is 376 g/mol. The molecule has 150 valence electrons. The third-order valence-electron chi connectivity index (χ3n) is 4.64. The van der Waals surface area contributed by atoms with Gasteiger partial charge in [-0.05, 0) is 44.8 Å². The number of nitrogens with one attached hydrogen (secondary N) is 2. The first-order valence-corrected chi connectivity index (χ1v) is 9.71. The van der Waals surface area contributed by atoms with Crippen molar-refractivity contribution < 1.29 is 9.47 Å². The van der Waals surface area contributed by atoms with E-state index in [0.29, 0.717) is 23.9 Å². The number of aromatic nitrogens is 1. The second-order valence-electron chi connectivity index (χ2n) is 6.48. The largest absolute Gasteiger partial charge is 0.491 e. The van der Waals surface area contributed by atoms with Crippen molar-refractivity contribution in [2.75, 3.05) is 52.8 Å². The Kier molecular flexibility index (Phi) is 8.91. The van der Waals surface area contributed by atoms with Crippen molar-refractivity contribution >= 4 is 11.7 Å². The highest BCUT2D eigenvalue weighted by Gasteiger charge is 2.12. The Bertz CT molecular complexity index is 633. The molecule has 0 amide bonds. The molecule has 7 nitrogen and oxygen atoms in total. The Morgan fingerprint density at radius 3 is 2.74 bits per heavy atom. The van der Waals surface area contributed by atoms with E-state index in [0.717, 1.165) is 30.9 Å². The summed E-state index contributed by atoms with van der Waals surface area (Å²) in [7, 11) is 5.28. The van der Waals surface area contributed by atoms with Crippen LogP contribution in [-0.2, 0) is 0 Å². The molecular formula is C20H33N5O2. The molecule has 2 rings (SSSR count). The summed E-state index contributed by atoms with van der Waals surface area (Å²) >= 11 is 0. The quantitative estimate of drug-likeness (QED) is 0.372. The van der Waals surface area contributed by atoms with Gasteiger partial charge in [0.25, 0.3) is 0 Å². The number of pyridine rings is 1. The fourth-order valence-electron chi connectivity index (χ4n) is 3.04. The van der Waals surface area contributed by atoms with Gasteiger partial charge < -0.3 is 25.0 Å². The van der Waals surface area contributed by atoms with Crippen molar-refractivity contribution in [1.29, 1.82) is 0 Å². The Morgan fingerprint density at radius 1 is 1.33 bits per heavy atom. The van der Waals surface area contributed by atoms with E-state index in [4.69, 9.17) is 9.47 Å². The van der Waals surface area contributed by atoms with Crippen LogP contribution in [0.25, 0.3) is 0 Å². The van der Waals surface area contributed by atoms with Gasteiger partial charge in [0.1, 0.15) is 11.7 Å². The summed E-state index contributed by atoms with van der Waals surface area (Å²) in [6.07, 6.45) is 8.18. The minimum absolute atomic E-state index is 0.636. The van der Waals surface area contributed by atoms with Crippen LogP contribution in [0.5, 0.6) is 11.5 Å². The van der Waals surface area contributed by atoms with Gasteiger partial charge in [-0.1, -0.05) is 6.92 Å². The molecule has 0 saturated carbocycles. The zero-order chi connectivity index (χ0) is 19.5. The molecule has 0 radical (unpaired) electrons. The lowest BCUT2D eigenvalue weighted by atomic mass is 10.3. The number of nitrogens with zero attached hydrogens (tertiary/aromatic N) is 3. The minimum Gasteiger partial charge on any atom is -0.491 e. The van der Waals surface area contributed by atoms with Gasteiger partial charge in [-0.25, -0.2) is 4.98 Å². The molecule has 1 saturated heterocycles. The minimum atomic E-state index is 0.636. The molecule has 2 N–H and O–H groups in total. The van der Waals surface area contributed by atoms with Crippen LogP contribution in [0.4, 0.5) is 5.82 Å². The normalized spacial score (nSPS) is 15.7. The number of likely N-dealkylation sites (tertiary alicyclic amines) is 1. The molecule has 27 heavy (non-hydrogen) atoms. The van der Waals surface area contributed by atoms with Gasteiger partial charge >= 0.3 is 0 Å². The summed E-state index contributed by atoms with van der Waals surface area (Å²) in [5.41, 5.74) is 1.09. The van der Waals surface area contributed by atoms with E-state index < -0.39 is 0 Å². The SMILES string of the molecule is CC/C(=C\C(=NC)Nc1cc(OCCCN2CCCC2)c(OC)cn1)NC.